The second-order valence-corrected chi connectivity index (χ2v) is 22.0. The van der Waals surface area contributed by atoms with Gasteiger partial charge in [-0.25, -0.2) is 0 Å². The average molecular weight is 692 g/mol. The van der Waals surface area contributed by atoms with E-state index in [1.54, 1.807) is 0 Å². The number of rotatable bonds is 9. The van der Waals surface area contributed by atoms with Crippen LogP contribution in [0.25, 0.3) is 0 Å². The quantitative estimate of drug-likeness (QED) is 0.0860. The summed E-state index contributed by atoms with van der Waals surface area (Å²) in [6, 6.07) is 59.7. The molecule has 6 rings (SSSR count). The summed E-state index contributed by atoms with van der Waals surface area (Å²) < 4.78 is 27.0. The third kappa shape index (κ3) is 4.60. The molecule has 0 aromatic heterocycles. The van der Waals surface area contributed by atoms with Crippen LogP contribution in [0.4, 0.5) is 0 Å². The molecule has 0 atom stereocenters. The molecule has 2 nitrogen and oxygen atoms in total. The first-order chi connectivity index (χ1) is 21.1. The van der Waals surface area contributed by atoms with Crippen molar-refractivity contribution in [2.75, 3.05) is 0 Å². The standard InChI is InChI=1S/2C19H15.ClH.O2P.Pd/c2*1-4-10-16(11-5-1)19(17-12-6-2-7-13-17)18-14-8-3-9-15-18;;1-3-2;/h2*1-15H;1H;;/q;;;;+1/p-1. The van der Waals surface area contributed by atoms with Crippen molar-refractivity contribution in [1.29, 1.82) is 0 Å². The van der Waals surface area contributed by atoms with Crippen molar-refractivity contribution in [2.45, 2.75) is 7.78 Å². The monoisotopic (exact) mass is 690 g/mol. The molecular formula is C38H30ClO2PPd. The van der Waals surface area contributed by atoms with Gasteiger partial charge >= 0.3 is 262 Å². The van der Waals surface area contributed by atoms with E-state index in [1.165, 1.54) is 0 Å². The van der Waals surface area contributed by atoms with Crippen molar-refractivity contribution in [1.82, 2.24) is 0 Å². The maximum absolute atomic E-state index is 14.7. The summed E-state index contributed by atoms with van der Waals surface area (Å²) in [5, 5.41) is 0. The SMILES string of the molecule is O=[P](=O)[Pd]([Cl])([C](c1ccccc1)(c1ccccc1)c1ccccc1)[C](c1ccccc1)(c1ccccc1)c1ccccc1. The zero-order valence-corrected chi connectivity index (χ0v) is 26.5. The van der Waals surface area contributed by atoms with E-state index in [0.29, 0.717) is 0 Å². The van der Waals surface area contributed by atoms with Crippen molar-refractivity contribution >= 4 is 15.4 Å². The Balaban J connectivity index is 1.94. The molecule has 5 heteroatoms. The van der Waals surface area contributed by atoms with E-state index in [4.69, 9.17) is 9.53 Å². The van der Waals surface area contributed by atoms with Gasteiger partial charge in [0.2, 0.25) is 0 Å². The van der Waals surface area contributed by atoms with Crippen LogP contribution in [0, 0.1) is 0 Å². The average Bonchev–Trinajstić information content (AvgIpc) is 3.08. The fourth-order valence-corrected chi connectivity index (χ4v) is 20.3. The van der Waals surface area contributed by atoms with Gasteiger partial charge in [-0.3, -0.25) is 0 Å². The molecule has 0 aliphatic heterocycles. The summed E-state index contributed by atoms with van der Waals surface area (Å²) in [6.07, 6.45) is 0. The van der Waals surface area contributed by atoms with Crippen LogP contribution in [-0.2, 0) is 30.9 Å². The van der Waals surface area contributed by atoms with Crippen molar-refractivity contribution in [2.24, 2.45) is 0 Å². The number of benzene rings is 6. The summed E-state index contributed by atoms with van der Waals surface area (Å²) in [5.41, 5.74) is 5.03. The normalized spacial score (nSPS) is 12.4. The molecule has 0 N–H and O–H groups in total. The third-order valence-electron chi connectivity index (χ3n) is 7.71. The van der Waals surface area contributed by atoms with Crippen LogP contribution in [0.5, 0.6) is 0 Å². The Bertz CT molecular complexity index is 1520. The summed E-state index contributed by atoms with van der Waals surface area (Å²) >= 11 is -4.60. The van der Waals surface area contributed by atoms with Crippen molar-refractivity contribution in [3.05, 3.63) is 215 Å². The molecule has 0 bridgehead atoms. The molecule has 6 aromatic carbocycles. The van der Waals surface area contributed by atoms with Crippen LogP contribution in [0.15, 0.2) is 182 Å². The van der Waals surface area contributed by atoms with Crippen molar-refractivity contribution in [3.8, 4) is 0 Å². The molecule has 0 aliphatic rings. The van der Waals surface area contributed by atoms with Crippen LogP contribution >= 0.6 is 15.4 Å². The van der Waals surface area contributed by atoms with Gasteiger partial charge in [0.25, 0.3) is 0 Å². The second kappa shape index (κ2) is 12.4. The summed E-state index contributed by atoms with van der Waals surface area (Å²) in [6.45, 7) is 0. The van der Waals surface area contributed by atoms with E-state index < -0.39 is 27.7 Å². The topological polar surface area (TPSA) is 34.1 Å². The van der Waals surface area contributed by atoms with E-state index in [0.717, 1.165) is 33.4 Å². The predicted octanol–water partition coefficient (Wildman–Crippen LogP) is 10.4. The zero-order valence-electron chi connectivity index (χ0n) is 23.3. The van der Waals surface area contributed by atoms with Gasteiger partial charge in [0.1, 0.15) is 0 Å². The molecule has 0 saturated carbocycles. The van der Waals surface area contributed by atoms with Gasteiger partial charge in [-0.2, -0.15) is 0 Å². The van der Waals surface area contributed by atoms with Gasteiger partial charge in [-0.1, -0.05) is 0 Å². The van der Waals surface area contributed by atoms with E-state index in [9.17, 15) is 9.13 Å². The summed E-state index contributed by atoms with van der Waals surface area (Å²) in [4.78, 5) is 0. The first-order valence-electron chi connectivity index (χ1n) is 13.9. The molecule has 0 heterocycles. The minimum atomic E-state index is -4.60. The summed E-state index contributed by atoms with van der Waals surface area (Å²) in [7, 11) is 8.48. The predicted molar refractivity (Wildman–Crippen MR) is 173 cm³/mol. The molecule has 0 spiro atoms. The Hall–Kier alpha value is -3.83. The molecule has 0 aliphatic carbocycles. The second-order valence-electron chi connectivity index (χ2n) is 10.0. The molecule has 0 radical (unpaired) electrons. The van der Waals surface area contributed by atoms with Gasteiger partial charge < -0.3 is 0 Å². The van der Waals surface area contributed by atoms with Gasteiger partial charge in [-0.15, -0.1) is 0 Å². The Morgan fingerprint density at radius 1 is 0.349 bits per heavy atom. The van der Waals surface area contributed by atoms with E-state index in [-0.39, 0.29) is 0 Å². The summed E-state index contributed by atoms with van der Waals surface area (Å²) in [5.74, 6) is -3.25. The van der Waals surface area contributed by atoms with Gasteiger partial charge in [0, 0.05) is 0 Å². The Morgan fingerprint density at radius 3 is 0.651 bits per heavy atom. The molecule has 0 fully saturated rings. The van der Waals surface area contributed by atoms with E-state index >= 15 is 0 Å². The number of halogens is 1. The number of hydrogen-bond acceptors (Lipinski definition) is 2. The Kier molecular flexibility index (Phi) is 8.45. The van der Waals surface area contributed by atoms with E-state index in [1.807, 2.05) is 182 Å². The third-order valence-corrected chi connectivity index (χ3v) is 22.3. The van der Waals surface area contributed by atoms with Crippen molar-refractivity contribution in [3.63, 3.8) is 0 Å². The minimum absolute atomic E-state index is 0.839. The Morgan fingerprint density at radius 2 is 0.512 bits per heavy atom. The van der Waals surface area contributed by atoms with Gasteiger partial charge in [0.15, 0.2) is 0 Å². The van der Waals surface area contributed by atoms with E-state index in [2.05, 4.69) is 0 Å². The van der Waals surface area contributed by atoms with Crippen LogP contribution in [0.1, 0.15) is 33.4 Å². The van der Waals surface area contributed by atoms with Crippen molar-refractivity contribution < 1.29 is 23.2 Å². The molecule has 0 unspecified atom stereocenters. The Labute approximate surface area is 260 Å². The van der Waals surface area contributed by atoms with Gasteiger partial charge in [-0.05, 0) is 0 Å². The fourth-order valence-electron chi connectivity index (χ4n) is 6.02. The van der Waals surface area contributed by atoms with Gasteiger partial charge in [0.05, 0.1) is 0 Å². The van der Waals surface area contributed by atoms with Crippen LogP contribution in [0.2, 0.25) is 0 Å². The molecule has 43 heavy (non-hydrogen) atoms. The van der Waals surface area contributed by atoms with Crippen LogP contribution in [-0.4, -0.2) is 0 Å². The molecular weight excluding hydrogens is 661 g/mol. The first kappa shape index (κ1) is 29.3. The fraction of sp³-hybridized carbons (Fsp3) is 0.0526. The first-order valence-corrected chi connectivity index (χ1v) is 20.6. The van der Waals surface area contributed by atoms with Crippen LogP contribution in [0.3, 0.4) is 0 Å². The molecule has 0 amide bonds. The zero-order chi connectivity index (χ0) is 29.8. The molecule has 0 saturated heterocycles. The molecule has 6 aromatic rings. The van der Waals surface area contributed by atoms with Crippen LogP contribution < -0.4 is 0 Å². The molecule has 216 valence electrons. The number of hydrogen-bond donors (Lipinski definition) is 0. The maximum atomic E-state index is 14.7.